The van der Waals surface area contributed by atoms with Gasteiger partial charge in [0.05, 0.1) is 11.8 Å². The molecule has 0 fully saturated rings. The topological polar surface area (TPSA) is 74.1 Å². The number of carbonyl (C=O) groups is 2. The molecule has 8 heteroatoms. The van der Waals surface area contributed by atoms with E-state index in [4.69, 9.17) is 16.7 Å². The predicted molar refractivity (Wildman–Crippen MR) is 147 cm³/mol. The minimum Gasteiger partial charge on any atom is -0.326 e. The third kappa shape index (κ3) is 5.37. The second-order valence-electron chi connectivity index (χ2n) is 8.67. The lowest BCUT2D eigenvalue weighted by Gasteiger charge is -2.23. The average molecular weight is 517 g/mol. The van der Waals surface area contributed by atoms with Crippen LogP contribution in [0, 0.1) is 0 Å². The Morgan fingerprint density at radius 2 is 1.78 bits per heavy atom. The Kier molecular flexibility index (Phi) is 7.20. The molecule has 3 aromatic rings. The van der Waals surface area contributed by atoms with Gasteiger partial charge in [0.2, 0.25) is 5.91 Å². The highest BCUT2D eigenvalue weighted by atomic mass is 35.5. The van der Waals surface area contributed by atoms with Gasteiger partial charge in [-0.1, -0.05) is 84.9 Å². The number of amidine groups is 1. The van der Waals surface area contributed by atoms with Gasteiger partial charge < -0.3 is 5.32 Å². The number of amides is 2. The number of thioether (sulfide) groups is 1. The quantitative estimate of drug-likeness (QED) is 0.431. The fourth-order valence-corrected chi connectivity index (χ4v) is 5.43. The van der Waals surface area contributed by atoms with Crippen LogP contribution in [-0.2, 0) is 16.0 Å². The largest absolute Gasteiger partial charge is 0.326 e. The lowest BCUT2D eigenvalue weighted by Crippen LogP contribution is -2.25. The van der Waals surface area contributed by atoms with Gasteiger partial charge in [-0.05, 0) is 47.4 Å². The second kappa shape index (κ2) is 10.7. The second-order valence-corrected chi connectivity index (χ2v) is 10.3. The zero-order valence-corrected chi connectivity index (χ0v) is 21.3. The highest BCUT2D eigenvalue weighted by molar-refractivity contribution is 8.15. The first kappa shape index (κ1) is 24.3. The van der Waals surface area contributed by atoms with Crippen molar-refractivity contribution >= 4 is 51.7 Å². The van der Waals surface area contributed by atoms with Gasteiger partial charge in [-0.3, -0.25) is 9.59 Å². The zero-order chi connectivity index (χ0) is 25.1. The molecule has 2 amide bonds. The summed E-state index contributed by atoms with van der Waals surface area (Å²) in [6.45, 7) is 2.08. The molecule has 0 radical (unpaired) electrons. The molecule has 0 unspecified atom stereocenters. The Morgan fingerprint density at radius 1 is 1.06 bits per heavy atom. The number of hydrogen-bond donors (Lipinski definition) is 1. The van der Waals surface area contributed by atoms with Gasteiger partial charge in [-0.2, -0.15) is 10.1 Å². The van der Waals surface area contributed by atoms with Crippen molar-refractivity contribution < 1.29 is 9.59 Å². The molecule has 36 heavy (non-hydrogen) atoms. The number of nitrogens with one attached hydrogen (secondary N) is 1. The first-order valence-electron chi connectivity index (χ1n) is 11.9. The summed E-state index contributed by atoms with van der Waals surface area (Å²) < 4.78 is 0. The number of anilines is 1. The zero-order valence-electron chi connectivity index (χ0n) is 19.7. The van der Waals surface area contributed by atoms with Crippen LogP contribution in [0.4, 0.5) is 5.69 Å². The van der Waals surface area contributed by atoms with E-state index in [1.807, 2.05) is 83.9 Å². The predicted octanol–water partition coefficient (Wildman–Crippen LogP) is 6.08. The van der Waals surface area contributed by atoms with E-state index in [0.29, 0.717) is 22.3 Å². The van der Waals surface area contributed by atoms with E-state index in [-0.39, 0.29) is 24.3 Å². The highest BCUT2D eigenvalue weighted by Gasteiger charge is 2.39. The van der Waals surface area contributed by atoms with Crippen LogP contribution in [0.2, 0.25) is 5.02 Å². The number of nitrogens with zero attached hydrogens (tertiary/aromatic N) is 3. The molecule has 2 aliphatic heterocycles. The third-order valence-corrected chi connectivity index (χ3v) is 7.61. The molecular weight excluding hydrogens is 492 g/mol. The summed E-state index contributed by atoms with van der Waals surface area (Å²) in [5.41, 5.74) is 4.89. The molecule has 6 nitrogen and oxygen atoms in total. The number of rotatable bonds is 6. The van der Waals surface area contributed by atoms with E-state index in [2.05, 4.69) is 17.2 Å². The molecule has 0 aromatic heterocycles. The van der Waals surface area contributed by atoms with E-state index in [0.717, 1.165) is 23.3 Å². The van der Waals surface area contributed by atoms with Crippen molar-refractivity contribution in [1.29, 1.82) is 0 Å². The standard InChI is InChI=1S/C28H25ClN4O2S/c1-2-18-8-14-22(15-9-18)30-26(34)17-25-27(35)31-28(36-25)33-24(20-10-12-21(29)13-11-20)16-23(32-33)19-6-4-3-5-7-19/h3-15,24-25H,2,16-17H2,1H3,(H,30,34)/t24-,25-/m0/s1. The fraction of sp³-hybridized carbons (Fsp3) is 0.214. The smallest absolute Gasteiger partial charge is 0.262 e. The van der Waals surface area contributed by atoms with E-state index >= 15 is 0 Å². The molecule has 3 aromatic carbocycles. The normalized spacial score (nSPS) is 19.3. The van der Waals surface area contributed by atoms with Crippen molar-refractivity contribution in [1.82, 2.24) is 5.01 Å². The maximum absolute atomic E-state index is 12.8. The van der Waals surface area contributed by atoms with E-state index in [1.54, 1.807) is 0 Å². The number of aliphatic imine (C=N–C) groups is 1. The van der Waals surface area contributed by atoms with Crippen LogP contribution >= 0.6 is 23.4 Å². The molecule has 2 atom stereocenters. The molecule has 0 aliphatic carbocycles. The molecular formula is C28H25ClN4O2S. The molecule has 0 spiro atoms. The summed E-state index contributed by atoms with van der Waals surface area (Å²) in [4.78, 5) is 29.8. The van der Waals surface area contributed by atoms with Crippen molar-refractivity contribution in [2.75, 3.05) is 5.32 Å². The minimum atomic E-state index is -0.586. The van der Waals surface area contributed by atoms with Gasteiger partial charge in [0.15, 0.2) is 5.17 Å². The summed E-state index contributed by atoms with van der Waals surface area (Å²) in [7, 11) is 0. The van der Waals surface area contributed by atoms with Gasteiger partial charge in [0.25, 0.3) is 5.91 Å². The van der Waals surface area contributed by atoms with Gasteiger partial charge in [0, 0.05) is 23.6 Å². The summed E-state index contributed by atoms with van der Waals surface area (Å²) in [6, 6.07) is 25.2. The fourth-order valence-electron chi connectivity index (χ4n) is 4.25. The van der Waals surface area contributed by atoms with Gasteiger partial charge >= 0.3 is 0 Å². The van der Waals surface area contributed by atoms with E-state index in [9.17, 15) is 9.59 Å². The number of hydrogen-bond acceptors (Lipinski definition) is 5. The molecule has 0 bridgehead atoms. The first-order valence-corrected chi connectivity index (χ1v) is 13.1. The summed E-state index contributed by atoms with van der Waals surface area (Å²) >= 11 is 7.41. The Balaban J connectivity index is 1.32. The number of hydrazone groups is 1. The van der Waals surface area contributed by atoms with Gasteiger partial charge in [0.1, 0.15) is 5.25 Å². The van der Waals surface area contributed by atoms with Crippen LogP contribution in [0.5, 0.6) is 0 Å². The number of aryl methyl sites for hydroxylation is 1. The van der Waals surface area contributed by atoms with Crippen LogP contribution in [0.1, 0.15) is 42.5 Å². The summed E-state index contributed by atoms with van der Waals surface area (Å²) in [5.74, 6) is -0.532. The summed E-state index contributed by atoms with van der Waals surface area (Å²) in [6.07, 6.45) is 1.64. The molecule has 0 saturated heterocycles. The van der Waals surface area contributed by atoms with Crippen LogP contribution in [0.25, 0.3) is 0 Å². The maximum atomic E-state index is 12.8. The lowest BCUT2D eigenvalue weighted by molar-refractivity contribution is -0.121. The molecule has 1 N–H and O–H groups in total. The SMILES string of the molecule is CCc1ccc(NC(=O)C[C@@H]2SC(N3N=C(c4ccccc4)C[C@H]3c3ccc(Cl)cc3)=NC2=O)cc1. The number of halogens is 1. The number of carbonyl (C=O) groups excluding carboxylic acids is 2. The molecule has 2 aliphatic rings. The third-order valence-electron chi connectivity index (χ3n) is 6.21. The van der Waals surface area contributed by atoms with Crippen molar-refractivity contribution in [2.24, 2.45) is 10.1 Å². The first-order chi connectivity index (χ1) is 17.5. The Bertz CT molecular complexity index is 1320. The number of benzene rings is 3. The van der Waals surface area contributed by atoms with Crippen LogP contribution < -0.4 is 5.32 Å². The average Bonchev–Trinajstić information content (AvgIpc) is 3.49. The highest BCUT2D eigenvalue weighted by Crippen LogP contribution is 2.38. The Morgan fingerprint density at radius 3 is 2.47 bits per heavy atom. The van der Waals surface area contributed by atoms with Crippen molar-refractivity contribution in [3.05, 3.63) is 101 Å². The van der Waals surface area contributed by atoms with Crippen LogP contribution in [-0.4, -0.2) is 33.0 Å². The van der Waals surface area contributed by atoms with Crippen molar-refractivity contribution in [2.45, 2.75) is 37.5 Å². The van der Waals surface area contributed by atoms with Crippen molar-refractivity contribution in [3.63, 3.8) is 0 Å². The molecule has 2 heterocycles. The Hall–Kier alpha value is -3.42. The van der Waals surface area contributed by atoms with Crippen LogP contribution in [0.15, 0.2) is 89.0 Å². The van der Waals surface area contributed by atoms with E-state index < -0.39 is 5.25 Å². The molecule has 0 saturated carbocycles. The lowest BCUT2D eigenvalue weighted by atomic mass is 9.99. The van der Waals surface area contributed by atoms with E-state index in [1.165, 1.54) is 17.3 Å². The maximum Gasteiger partial charge on any atom is 0.262 e. The van der Waals surface area contributed by atoms with Gasteiger partial charge in [-0.25, -0.2) is 5.01 Å². The monoisotopic (exact) mass is 516 g/mol. The minimum absolute atomic E-state index is 0.0424. The molecule has 5 rings (SSSR count). The van der Waals surface area contributed by atoms with Crippen molar-refractivity contribution in [3.8, 4) is 0 Å². The Labute approximate surface area is 219 Å². The van der Waals surface area contributed by atoms with Crippen LogP contribution in [0.3, 0.4) is 0 Å². The van der Waals surface area contributed by atoms with Gasteiger partial charge in [-0.15, -0.1) is 0 Å². The molecule has 182 valence electrons. The summed E-state index contributed by atoms with van der Waals surface area (Å²) in [5, 5.41) is 10.1.